The fourth-order valence-corrected chi connectivity index (χ4v) is 3.10. The standard InChI is InChI=1S/C18H18N4OS/c1-3-10-22(12-16-5-4-11-24-16)18(23)15-8-6-14(7-9-15)17-19-13(2)20-21-17/h3-9,11H,1,10,12H2,2H3,(H,19,20,21). The minimum absolute atomic E-state index is 0.0129. The number of amides is 1. The Hall–Kier alpha value is -2.73. The largest absolute Gasteiger partial charge is 0.330 e. The second kappa shape index (κ2) is 7.23. The number of carbonyl (C=O) groups excluding carboxylic acids is 1. The van der Waals surface area contributed by atoms with Crippen LogP contribution in [-0.4, -0.2) is 32.5 Å². The fraction of sp³-hybridized carbons (Fsp3) is 0.167. The number of nitrogens with zero attached hydrogens (tertiary/aromatic N) is 3. The van der Waals surface area contributed by atoms with Gasteiger partial charge in [0.05, 0.1) is 6.54 Å². The van der Waals surface area contributed by atoms with Crippen LogP contribution in [0.15, 0.2) is 54.4 Å². The van der Waals surface area contributed by atoms with Crippen molar-refractivity contribution in [3.8, 4) is 11.4 Å². The molecule has 0 atom stereocenters. The number of hydrogen-bond donors (Lipinski definition) is 1. The van der Waals surface area contributed by atoms with Crippen molar-refractivity contribution in [1.82, 2.24) is 20.1 Å². The van der Waals surface area contributed by atoms with E-state index in [1.807, 2.05) is 48.7 Å². The van der Waals surface area contributed by atoms with Gasteiger partial charge in [-0.15, -0.1) is 17.9 Å². The van der Waals surface area contributed by atoms with Gasteiger partial charge in [0.2, 0.25) is 0 Å². The Kier molecular flexibility index (Phi) is 4.86. The summed E-state index contributed by atoms with van der Waals surface area (Å²) < 4.78 is 0. The number of thiophene rings is 1. The molecular formula is C18H18N4OS. The van der Waals surface area contributed by atoms with E-state index >= 15 is 0 Å². The monoisotopic (exact) mass is 338 g/mol. The Morgan fingerprint density at radius 1 is 1.33 bits per heavy atom. The van der Waals surface area contributed by atoms with Crippen molar-refractivity contribution in [1.29, 1.82) is 0 Å². The molecule has 5 nitrogen and oxygen atoms in total. The van der Waals surface area contributed by atoms with Crippen molar-refractivity contribution in [3.63, 3.8) is 0 Å². The second-order valence-corrected chi connectivity index (χ2v) is 6.41. The third kappa shape index (κ3) is 3.60. The zero-order valence-corrected chi connectivity index (χ0v) is 14.2. The van der Waals surface area contributed by atoms with E-state index in [2.05, 4.69) is 21.8 Å². The lowest BCUT2D eigenvalue weighted by Gasteiger charge is -2.20. The molecule has 1 amide bonds. The predicted molar refractivity (Wildman–Crippen MR) is 95.8 cm³/mol. The third-order valence-electron chi connectivity index (χ3n) is 3.55. The van der Waals surface area contributed by atoms with E-state index in [-0.39, 0.29) is 5.91 Å². The van der Waals surface area contributed by atoms with E-state index in [9.17, 15) is 4.79 Å². The zero-order chi connectivity index (χ0) is 16.9. The minimum atomic E-state index is -0.0129. The average Bonchev–Trinajstić information content (AvgIpc) is 3.26. The molecule has 0 fully saturated rings. The number of rotatable bonds is 6. The molecule has 1 N–H and O–H groups in total. The van der Waals surface area contributed by atoms with Gasteiger partial charge >= 0.3 is 0 Å². The minimum Gasteiger partial charge on any atom is -0.330 e. The number of carbonyl (C=O) groups is 1. The Morgan fingerprint density at radius 2 is 2.12 bits per heavy atom. The normalized spacial score (nSPS) is 10.5. The van der Waals surface area contributed by atoms with Gasteiger partial charge in [-0.1, -0.05) is 24.3 Å². The highest BCUT2D eigenvalue weighted by atomic mass is 32.1. The van der Waals surface area contributed by atoms with Crippen LogP contribution in [0.1, 0.15) is 21.1 Å². The average molecular weight is 338 g/mol. The molecule has 24 heavy (non-hydrogen) atoms. The highest BCUT2D eigenvalue weighted by Crippen LogP contribution is 2.18. The van der Waals surface area contributed by atoms with Gasteiger partial charge in [-0.2, -0.15) is 5.10 Å². The van der Waals surface area contributed by atoms with E-state index in [1.54, 1.807) is 22.3 Å². The van der Waals surface area contributed by atoms with E-state index in [1.165, 1.54) is 0 Å². The number of aromatic nitrogens is 3. The van der Waals surface area contributed by atoms with Crippen molar-refractivity contribution < 1.29 is 4.79 Å². The molecule has 0 bridgehead atoms. The fourth-order valence-electron chi connectivity index (χ4n) is 2.38. The zero-order valence-electron chi connectivity index (χ0n) is 13.4. The lowest BCUT2D eigenvalue weighted by Crippen LogP contribution is -2.30. The Bertz CT molecular complexity index is 821. The van der Waals surface area contributed by atoms with Crippen LogP contribution in [0.3, 0.4) is 0 Å². The number of aromatic amines is 1. The quantitative estimate of drug-likeness (QED) is 0.698. The van der Waals surface area contributed by atoms with Gasteiger partial charge in [0, 0.05) is 22.5 Å². The van der Waals surface area contributed by atoms with Gasteiger partial charge in [-0.25, -0.2) is 4.98 Å². The molecule has 2 aromatic heterocycles. The molecule has 122 valence electrons. The maximum Gasteiger partial charge on any atom is 0.254 e. The van der Waals surface area contributed by atoms with Crippen LogP contribution in [0.5, 0.6) is 0 Å². The second-order valence-electron chi connectivity index (χ2n) is 5.38. The van der Waals surface area contributed by atoms with Crippen LogP contribution in [0.25, 0.3) is 11.4 Å². The molecule has 0 saturated heterocycles. The lowest BCUT2D eigenvalue weighted by atomic mass is 10.1. The summed E-state index contributed by atoms with van der Waals surface area (Å²) in [4.78, 5) is 20.0. The van der Waals surface area contributed by atoms with Crippen molar-refractivity contribution in [3.05, 3.63) is 70.7 Å². The summed E-state index contributed by atoms with van der Waals surface area (Å²) in [6, 6.07) is 11.4. The van der Waals surface area contributed by atoms with Crippen LogP contribution < -0.4 is 0 Å². The van der Waals surface area contributed by atoms with Crippen LogP contribution in [0, 0.1) is 6.92 Å². The smallest absolute Gasteiger partial charge is 0.254 e. The molecule has 0 aliphatic rings. The first kappa shape index (κ1) is 16.1. The van der Waals surface area contributed by atoms with Crippen molar-refractivity contribution in [2.24, 2.45) is 0 Å². The summed E-state index contributed by atoms with van der Waals surface area (Å²) in [5, 5.41) is 8.96. The lowest BCUT2D eigenvalue weighted by molar-refractivity contribution is 0.0764. The third-order valence-corrected chi connectivity index (χ3v) is 4.41. The van der Waals surface area contributed by atoms with Gasteiger partial charge in [0.25, 0.3) is 5.91 Å². The van der Waals surface area contributed by atoms with Crippen LogP contribution in [-0.2, 0) is 6.54 Å². The molecule has 6 heteroatoms. The summed E-state index contributed by atoms with van der Waals surface area (Å²) in [5.41, 5.74) is 1.52. The van der Waals surface area contributed by atoms with Crippen LogP contribution in [0.4, 0.5) is 0 Å². The Balaban J connectivity index is 1.78. The van der Waals surface area contributed by atoms with Crippen molar-refractivity contribution in [2.45, 2.75) is 13.5 Å². The molecule has 3 aromatic rings. The van der Waals surface area contributed by atoms with E-state index in [0.717, 1.165) is 16.3 Å². The topological polar surface area (TPSA) is 61.9 Å². The first-order valence-corrected chi connectivity index (χ1v) is 8.47. The summed E-state index contributed by atoms with van der Waals surface area (Å²) in [5.74, 6) is 1.38. The van der Waals surface area contributed by atoms with Gasteiger partial charge in [0.15, 0.2) is 5.82 Å². The Labute approximate surface area is 144 Å². The van der Waals surface area contributed by atoms with Gasteiger partial charge in [0.1, 0.15) is 5.82 Å². The maximum absolute atomic E-state index is 12.8. The SMILES string of the molecule is C=CCN(Cc1cccs1)C(=O)c1ccc(-c2n[nH]c(C)n2)cc1. The highest BCUT2D eigenvalue weighted by Gasteiger charge is 2.16. The molecular weight excluding hydrogens is 320 g/mol. The van der Waals surface area contributed by atoms with Gasteiger partial charge < -0.3 is 4.90 Å². The molecule has 0 radical (unpaired) electrons. The van der Waals surface area contributed by atoms with E-state index in [0.29, 0.717) is 24.5 Å². The first-order valence-electron chi connectivity index (χ1n) is 7.59. The van der Waals surface area contributed by atoms with Gasteiger partial charge in [-0.05, 0) is 30.5 Å². The molecule has 0 saturated carbocycles. The summed E-state index contributed by atoms with van der Waals surface area (Å²) >= 11 is 1.64. The molecule has 0 aliphatic heterocycles. The molecule has 0 unspecified atom stereocenters. The molecule has 2 heterocycles. The number of hydrogen-bond acceptors (Lipinski definition) is 4. The number of H-pyrrole nitrogens is 1. The van der Waals surface area contributed by atoms with Gasteiger partial charge in [-0.3, -0.25) is 9.89 Å². The molecule has 1 aromatic carbocycles. The van der Waals surface area contributed by atoms with Crippen LogP contribution >= 0.6 is 11.3 Å². The van der Waals surface area contributed by atoms with Crippen molar-refractivity contribution in [2.75, 3.05) is 6.54 Å². The predicted octanol–water partition coefficient (Wildman–Crippen LogP) is 3.67. The summed E-state index contributed by atoms with van der Waals surface area (Å²) in [7, 11) is 0. The summed E-state index contributed by atoms with van der Waals surface area (Å²) in [6.45, 7) is 6.70. The molecule has 3 rings (SSSR count). The van der Waals surface area contributed by atoms with Crippen molar-refractivity contribution >= 4 is 17.2 Å². The highest BCUT2D eigenvalue weighted by molar-refractivity contribution is 7.09. The number of nitrogens with one attached hydrogen (secondary N) is 1. The maximum atomic E-state index is 12.8. The van der Waals surface area contributed by atoms with E-state index < -0.39 is 0 Å². The number of aryl methyl sites for hydroxylation is 1. The Morgan fingerprint density at radius 3 is 2.71 bits per heavy atom. The summed E-state index contributed by atoms with van der Waals surface area (Å²) in [6.07, 6.45) is 1.75. The number of benzene rings is 1. The van der Waals surface area contributed by atoms with E-state index in [4.69, 9.17) is 0 Å². The molecule has 0 aliphatic carbocycles. The molecule has 0 spiro atoms. The first-order chi connectivity index (χ1) is 11.7. The van der Waals surface area contributed by atoms with Crippen LogP contribution in [0.2, 0.25) is 0 Å².